The Bertz CT molecular complexity index is 1140. The fraction of sp³-hybridized carbons (Fsp3) is 0.150. The van der Waals surface area contributed by atoms with Crippen LogP contribution >= 0.6 is 11.6 Å². The number of benzene rings is 1. The molecule has 31 heavy (non-hydrogen) atoms. The molecule has 158 valence electrons. The average molecular weight is 447 g/mol. The van der Waals surface area contributed by atoms with Gasteiger partial charge in [0.05, 0.1) is 33.6 Å². The number of anilines is 1. The molecule has 1 aromatic carbocycles. The van der Waals surface area contributed by atoms with Gasteiger partial charge < -0.3 is 10.6 Å². The minimum Gasteiger partial charge on any atom is -0.330 e. The topological polar surface area (TPSA) is 104 Å². The summed E-state index contributed by atoms with van der Waals surface area (Å²) in [5.74, 6) is 0. The van der Waals surface area contributed by atoms with E-state index in [-0.39, 0.29) is 5.69 Å². The first kappa shape index (κ1) is 22.0. The normalized spacial score (nSPS) is 12.0. The van der Waals surface area contributed by atoms with Crippen LogP contribution in [-0.2, 0) is 6.18 Å². The Hall–Kier alpha value is -3.71. The summed E-state index contributed by atoms with van der Waals surface area (Å²) in [4.78, 5) is 25.0. The van der Waals surface area contributed by atoms with Gasteiger partial charge in [0.25, 0.3) is 0 Å². The predicted molar refractivity (Wildman–Crippen MR) is 107 cm³/mol. The van der Waals surface area contributed by atoms with Crippen LogP contribution < -0.4 is 10.6 Å². The van der Waals surface area contributed by atoms with Gasteiger partial charge in [0.1, 0.15) is 11.8 Å². The molecule has 2 amide bonds. The molecule has 0 saturated heterocycles. The van der Waals surface area contributed by atoms with Crippen LogP contribution in [0.5, 0.6) is 0 Å². The van der Waals surface area contributed by atoms with Crippen LogP contribution in [-0.4, -0.2) is 21.0 Å². The Morgan fingerprint density at radius 2 is 1.90 bits per heavy atom. The van der Waals surface area contributed by atoms with E-state index in [1.807, 2.05) is 6.07 Å². The molecule has 3 aromatic rings. The first-order chi connectivity index (χ1) is 14.7. The smallest absolute Gasteiger partial charge is 0.330 e. The average Bonchev–Trinajstić information content (AvgIpc) is 2.74. The molecule has 2 heterocycles. The molecule has 3 rings (SSSR count). The largest absolute Gasteiger partial charge is 0.417 e. The van der Waals surface area contributed by atoms with Gasteiger partial charge in [-0.15, -0.1) is 0 Å². The van der Waals surface area contributed by atoms with Crippen LogP contribution in [0.1, 0.15) is 29.8 Å². The van der Waals surface area contributed by atoms with Gasteiger partial charge in [0.2, 0.25) is 0 Å². The lowest BCUT2D eigenvalue weighted by atomic mass is 10.1. The van der Waals surface area contributed by atoms with Crippen molar-refractivity contribution in [1.29, 1.82) is 5.26 Å². The molecule has 2 aromatic heterocycles. The number of hydrogen-bond donors (Lipinski definition) is 2. The van der Waals surface area contributed by atoms with Crippen LogP contribution in [0.3, 0.4) is 0 Å². The van der Waals surface area contributed by atoms with Crippen molar-refractivity contribution in [3.05, 3.63) is 70.8 Å². The molecule has 0 aliphatic heterocycles. The minimum atomic E-state index is -4.65. The van der Waals surface area contributed by atoms with Gasteiger partial charge in [-0.3, -0.25) is 15.0 Å². The maximum atomic E-state index is 13.0. The molecule has 0 radical (unpaired) electrons. The zero-order valence-corrected chi connectivity index (χ0v) is 16.7. The Labute approximate surface area is 179 Å². The summed E-state index contributed by atoms with van der Waals surface area (Å²) in [6.45, 7) is 1.64. The number of rotatable bonds is 4. The zero-order chi connectivity index (χ0) is 22.6. The molecule has 2 N–H and O–H groups in total. The molecule has 0 fully saturated rings. The number of amides is 2. The first-order valence-corrected chi connectivity index (χ1v) is 9.18. The first-order valence-electron chi connectivity index (χ1n) is 8.80. The van der Waals surface area contributed by atoms with E-state index in [4.69, 9.17) is 16.9 Å². The van der Waals surface area contributed by atoms with Crippen LogP contribution in [0.2, 0.25) is 5.02 Å². The number of carbonyl (C=O) groups is 1. The highest BCUT2D eigenvalue weighted by Gasteiger charge is 2.33. The number of nitriles is 1. The summed E-state index contributed by atoms with van der Waals surface area (Å²) < 4.78 is 39.0. The molecule has 0 bridgehead atoms. The van der Waals surface area contributed by atoms with Gasteiger partial charge in [-0.2, -0.15) is 18.4 Å². The van der Waals surface area contributed by atoms with Crippen molar-refractivity contribution in [2.75, 3.05) is 5.32 Å². The van der Waals surface area contributed by atoms with Crippen molar-refractivity contribution in [2.45, 2.75) is 19.1 Å². The van der Waals surface area contributed by atoms with Gasteiger partial charge in [-0.1, -0.05) is 11.6 Å². The lowest BCUT2D eigenvalue weighted by Crippen LogP contribution is -2.32. The third-order valence-corrected chi connectivity index (χ3v) is 4.48. The van der Waals surface area contributed by atoms with Crippen molar-refractivity contribution in [2.24, 2.45) is 0 Å². The van der Waals surface area contributed by atoms with E-state index in [2.05, 4.69) is 25.6 Å². The van der Waals surface area contributed by atoms with Crippen molar-refractivity contribution in [3.63, 3.8) is 0 Å². The number of carbonyl (C=O) groups excluding carboxylic acids is 1. The molecule has 0 aliphatic rings. The van der Waals surface area contributed by atoms with Crippen molar-refractivity contribution in [1.82, 2.24) is 20.3 Å². The van der Waals surface area contributed by atoms with Crippen molar-refractivity contribution < 1.29 is 18.0 Å². The SMILES string of the molecule is CC(NC(=O)Nc1ccc(Cl)c(C(F)(F)F)c1)c1nccnc1-c1ccc(C#N)cn1. The zero-order valence-electron chi connectivity index (χ0n) is 15.9. The van der Waals surface area contributed by atoms with E-state index in [0.717, 1.165) is 12.1 Å². The number of alkyl halides is 3. The highest BCUT2D eigenvalue weighted by atomic mass is 35.5. The second kappa shape index (κ2) is 8.97. The summed E-state index contributed by atoms with van der Waals surface area (Å²) in [5, 5.41) is 13.4. The van der Waals surface area contributed by atoms with Crippen LogP contribution in [0, 0.1) is 11.3 Å². The fourth-order valence-electron chi connectivity index (χ4n) is 2.72. The van der Waals surface area contributed by atoms with Crippen LogP contribution in [0.15, 0.2) is 48.9 Å². The monoisotopic (exact) mass is 446 g/mol. The lowest BCUT2D eigenvalue weighted by Gasteiger charge is -2.17. The number of halogens is 4. The fourth-order valence-corrected chi connectivity index (χ4v) is 2.94. The maximum absolute atomic E-state index is 13.0. The third kappa shape index (κ3) is 5.26. The number of nitrogens with one attached hydrogen (secondary N) is 2. The molecule has 0 spiro atoms. The molecule has 11 heteroatoms. The van der Waals surface area contributed by atoms with E-state index in [1.54, 1.807) is 19.1 Å². The molecular formula is C20H14ClF3N6O. The minimum absolute atomic E-state index is 0.0745. The number of aromatic nitrogens is 3. The van der Waals surface area contributed by atoms with Gasteiger partial charge >= 0.3 is 12.2 Å². The van der Waals surface area contributed by atoms with Crippen LogP contribution in [0.25, 0.3) is 11.4 Å². The van der Waals surface area contributed by atoms with Gasteiger partial charge in [-0.05, 0) is 37.3 Å². The Morgan fingerprint density at radius 1 is 1.16 bits per heavy atom. The maximum Gasteiger partial charge on any atom is 0.417 e. The van der Waals surface area contributed by atoms with Crippen molar-refractivity contribution in [3.8, 4) is 17.5 Å². The standard InChI is InChI=1S/C20H14ClF3N6O/c1-11(17-18(27-7-6-26-17)16-5-2-12(9-25)10-28-16)29-19(31)30-13-3-4-15(21)14(8-13)20(22,23)24/h2-8,10-11H,1H3,(H2,29,30,31). The number of hydrogen-bond acceptors (Lipinski definition) is 5. The van der Waals surface area contributed by atoms with E-state index in [9.17, 15) is 18.0 Å². The molecule has 7 nitrogen and oxygen atoms in total. The number of pyridine rings is 1. The summed E-state index contributed by atoms with van der Waals surface area (Å²) in [6, 6.07) is 6.81. The summed E-state index contributed by atoms with van der Waals surface area (Å²) in [6.07, 6.45) is -0.371. The second-order valence-electron chi connectivity index (χ2n) is 6.35. The Kier molecular flexibility index (Phi) is 6.36. The van der Waals surface area contributed by atoms with Gasteiger partial charge in [0.15, 0.2) is 0 Å². The third-order valence-electron chi connectivity index (χ3n) is 4.15. The van der Waals surface area contributed by atoms with E-state index in [0.29, 0.717) is 22.6 Å². The number of urea groups is 1. The summed E-state index contributed by atoms with van der Waals surface area (Å²) >= 11 is 5.59. The summed E-state index contributed by atoms with van der Waals surface area (Å²) in [5.41, 5.74) is 0.481. The van der Waals surface area contributed by atoms with Crippen LogP contribution in [0.4, 0.5) is 23.7 Å². The molecule has 1 atom stereocenters. The molecule has 0 saturated carbocycles. The number of nitrogens with zero attached hydrogens (tertiary/aromatic N) is 4. The van der Waals surface area contributed by atoms with Gasteiger partial charge in [-0.25, -0.2) is 4.79 Å². The predicted octanol–water partition coefficient (Wildman–Crippen LogP) is 4.97. The molecular weight excluding hydrogens is 433 g/mol. The van der Waals surface area contributed by atoms with E-state index >= 15 is 0 Å². The van der Waals surface area contributed by atoms with E-state index < -0.39 is 28.8 Å². The highest BCUT2D eigenvalue weighted by Crippen LogP contribution is 2.36. The van der Waals surface area contributed by atoms with E-state index in [1.165, 1.54) is 24.7 Å². The molecule has 1 unspecified atom stereocenters. The summed E-state index contributed by atoms with van der Waals surface area (Å²) in [7, 11) is 0. The Morgan fingerprint density at radius 3 is 2.55 bits per heavy atom. The van der Waals surface area contributed by atoms with Crippen molar-refractivity contribution >= 4 is 23.3 Å². The second-order valence-corrected chi connectivity index (χ2v) is 6.75. The van der Waals surface area contributed by atoms with Gasteiger partial charge in [0, 0.05) is 24.3 Å². The lowest BCUT2D eigenvalue weighted by molar-refractivity contribution is -0.137. The highest BCUT2D eigenvalue weighted by molar-refractivity contribution is 6.31. The molecule has 0 aliphatic carbocycles. The quantitative estimate of drug-likeness (QED) is 0.589. The Balaban J connectivity index is 1.77.